The Hall–Kier alpha value is -1.34. The third-order valence-corrected chi connectivity index (χ3v) is 4.32. The number of carbonyl (C=O) groups excluding carboxylic acids is 2. The molecule has 126 valence electrons. The third kappa shape index (κ3) is 5.14. The molecule has 0 radical (unpaired) electrons. The van der Waals surface area contributed by atoms with Gasteiger partial charge in [0.05, 0.1) is 12.6 Å². The van der Waals surface area contributed by atoms with Crippen molar-refractivity contribution in [1.29, 1.82) is 0 Å². The minimum Gasteiger partial charge on any atom is -0.392 e. The second kappa shape index (κ2) is 8.33. The molecule has 2 aliphatic rings. The van der Waals surface area contributed by atoms with Crippen LogP contribution in [0.1, 0.15) is 32.6 Å². The number of aliphatic hydroxyl groups excluding tert-OH is 1. The molecule has 0 aliphatic carbocycles. The van der Waals surface area contributed by atoms with Crippen LogP contribution in [0.25, 0.3) is 0 Å². The van der Waals surface area contributed by atoms with E-state index < -0.39 is 0 Å². The Morgan fingerprint density at radius 2 is 1.91 bits per heavy atom. The number of hydrogen-bond donors (Lipinski definition) is 3. The molecule has 0 aromatic rings. The van der Waals surface area contributed by atoms with E-state index in [9.17, 15) is 14.7 Å². The van der Waals surface area contributed by atoms with Crippen molar-refractivity contribution in [2.75, 3.05) is 39.3 Å². The molecule has 0 saturated carbocycles. The Morgan fingerprint density at radius 3 is 2.55 bits per heavy atom. The molecule has 0 aromatic heterocycles. The lowest BCUT2D eigenvalue weighted by atomic mass is 10.1. The summed E-state index contributed by atoms with van der Waals surface area (Å²) < 4.78 is 0. The Kier molecular flexibility index (Phi) is 6.45. The summed E-state index contributed by atoms with van der Waals surface area (Å²) >= 11 is 0. The zero-order valence-corrected chi connectivity index (χ0v) is 13.4. The molecule has 0 aromatic carbocycles. The van der Waals surface area contributed by atoms with Crippen LogP contribution in [0.5, 0.6) is 0 Å². The quantitative estimate of drug-likeness (QED) is 0.668. The molecule has 0 unspecified atom stereocenters. The van der Waals surface area contributed by atoms with Crippen LogP contribution in [0.3, 0.4) is 0 Å². The van der Waals surface area contributed by atoms with E-state index in [1.165, 1.54) is 0 Å². The molecule has 2 aliphatic heterocycles. The number of piperidine rings is 2. The van der Waals surface area contributed by atoms with Gasteiger partial charge in [-0.2, -0.15) is 0 Å². The van der Waals surface area contributed by atoms with Crippen LogP contribution < -0.4 is 10.6 Å². The summed E-state index contributed by atoms with van der Waals surface area (Å²) in [5.74, 6) is 0.0190. The number of β-amino-alcohol motifs (C(OH)–C–C–N with tert-alkyl or cyclic N) is 1. The number of amides is 3. The van der Waals surface area contributed by atoms with Gasteiger partial charge < -0.3 is 20.6 Å². The Morgan fingerprint density at radius 1 is 1.18 bits per heavy atom. The van der Waals surface area contributed by atoms with Gasteiger partial charge in [-0.05, 0) is 39.2 Å². The normalized spacial score (nSPS) is 24.1. The number of rotatable bonds is 4. The highest BCUT2D eigenvalue weighted by atomic mass is 16.3. The van der Waals surface area contributed by atoms with Gasteiger partial charge in [0.1, 0.15) is 0 Å². The lowest BCUT2D eigenvalue weighted by Crippen LogP contribution is -2.51. The summed E-state index contributed by atoms with van der Waals surface area (Å²) in [5.41, 5.74) is 0. The number of likely N-dealkylation sites (tertiary alicyclic amines) is 2. The molecular weight excluding hydrogens is 284 g/mol. The van der Waals surface area contributed by atoms with Crippen molar-refractivity contribution in [3.8, 4) is 0 Å². The second-order valence-corrected chi connectivity index (χ2v) is 6.20. The average molecular weight is 312 g/mol. The van der Waals surface area contributed by atoms with Gasteiger partial charge in [-0.25, -0.2) is 4.79 Å². The highest BCUT2D eigenvalue weighted by Gasteiger charge is 2.25. The van der Waals surface area contributed by atoms with E-state index in [-0.39, 0.29) is 24.1 Å². The number of nitrogens with one attached hydrogen (secondary N) is 2. The van der Waals surface area contributed by atoms with Crippen molar-refractivity contribution in [3.63, 3.8) is 0 Å². The van der Waals surface area contributed by atoms with Crippen molar-refractivity contribution >= 4 is 11.9 Å². The second-order valence-electron chi connectivity index (χ2n) is 6.20. The van der Waals surface area contributed by atoms with Crippen molar-refractivity contribution in [3.05, 3.63) is 0 Å². The van der Waals surface area contributed by atoms with Crippen LogP contribution in [0.4, 0.5) is 4.79 Å². The zero-order valence-electron chi connectivity index (χ0n) is 13.4. The monoisotopic (exact) mass is 312 g/mol. The highest BCUT2D eigenvalue weighted by Crippen LogP contribution is 2.12. The van der Waals surface area contributed by atoms with Crippen LogP contribution in [-0.2, 0) is 4.79 Å². The van der Waals surface area contributed by atoms with Crippen molar-refractivity contribution in [1.82, 2.24) is 20.4 Å². The largest absolute Gasteiger partial charge is 0.392 e. The summed E-state index contributed by atoms with van der Waals surface area (Å²) in [6, 6.07) is 0.127. The van der Waals surface area contributed by atoms with Gasteiger partial charge in [0.15, 0.2) is 0 Å². The molecule has 0 spiro atoms. The molecule has 2 saturated heterocycles. The van der Waals surface area contributed by atoms with E-state index in [2.05, 4.69) is 10.6 Å². The van der Waals surface area contributed by atoms with Gasteiger partial charge in [-0.15, -0.1) is 0 Å². The molecule has 7 heteroatoms. The van der Waals surface area contributed by atoms with Crippen molar-refractivity contribution in [2.45, 2.75) is 44.8 Å². The number of urea groups is 1. The van der Waals surface area contributed by atoms with Crippen molar-refractivity contribution < 1.29 is 14.7 Å². The van der Waals surface area contributed by atoms with E-state index in [1.807, 2.05) is 11.8 Å². The SMILES string of the molecule is CCNC(=O)N1CCC(NC(=O)CN2CCC[C@H](O)C2)CC1. The topological polar surface area (TPSA) is 84.9 Å². The third-order valence-electron chi connectivity index (χ3n) is 4.32. The molecule has 2 fully saturated rings. The molecule has 2 rings (SSSR count). The Labute approximate surface area is 132 Å². The van der Waals surface area contributed by atoms with Crippen LogP contribution in [0.15, 0.2) is 0 Å². The highest BCUT2D eigenvalue weighted by molar-refractivity contribution is 5.78. The van der Waals surface area contributed by atoms with Gasteiger partial charge in [0.2, 0.25) is 5.91 Å². The van der Waals surface area contributed by atoms with Gasteiger partial charge in [-0.3, -0.25) is 9.69 Å². The van der Waals surface area contributed by atoms with Gasteiger partial charge in [-0.1, -0.05) is 0 Å². The standard InChI is InChI=1S/C15H28N4O3/c1-2-16-15(22)19-8-5-12(6-9-19)17-14(21)11-18-7-3-4-13(20)10-18/h12-13,20H,2-11H2,1H3,(H,16,22)(H,17,21)/t13-/m0/s1. The molecule has 0 bridgehead atoms. The van der Waals surface area contributed by atoms with Crippen LogP contribution in [0.2, 0.25) is 0 Å². The fraction of sp³-hybridized carbons (Fsp3) is 0.867. The maximum atomic E-state index is 12.1. The fourth-order valence-electron chi connectivity index (χ4n) is 3.14. The van der Waals surface area contributed by atoms with Gasteiger partial charge in [0.25, 0.3) is 0 Å². The molecule has 22 heavy (non-hydrogen) atoms. The molecule has 7 nitrogen and oxygen atoms in total. The summed E-state index contributed by atoms with van der Waals surface area (Å²) in [5, 5.41) is 15.5. The minimum atomic E-state index is -0.304. The molecule has 3 N–H and O–H groups in total. The average Bonchev–Trinajstić information content (AvgIpc) is 2.48. The smallest absolute Gasteiger partial charge is 0.317 e. The first-order chi connectivity index (χ1) is 10.6. The maximum absolute atomic E-state index is 12.1. The minimum absolute atomic E-state index is 0.0189. The molecule has 2 heterocycles. The summed E-state index contributed by atoms with van der Waals surface area (Å²) in [6.07, 6.45) is 3.06. The Bertz CT molecular complexity index is 383. The van der Waals surface area contributed by atoms with Crippen molar-refractivity contribution in [2.24, 2.45) is 0 Å². The Balaban J connectivity index is 1.67. The van der Waals surface area contributed by atoms with Crippen LogP contribution in [0, 0.1) is 0 Å². The molecular formula is C15H28N4O3. The van der Waals surface area contributed by atoms with Crippen LogP contribution in [-0.4, -0.2) is 78.3 Å². The summed E-state index contributed by atoms with van der Waals surface area (Å²) in [4.78, 5) is 27.6. The number of hydrogen-bond acceptors (Lipinski definition) is 4. The first-order valence-electron chi connectivity index (χ1n) is 8.31. The van der Waals surface area contributed by atoms with E-state index in [1.54, 1.807) is 4.90 Å². The number of carbonyl (C=O) groups is 2. The zero-order chi connectivity index (χ0) is 15.9. The molecule has 3 amide bonds. The maximum Gasteiger partial charge on any atom is 0.317 e. The first kappa shape index (κ1) is 17.0. The predicted octanol–water partition coefficient (Wildman–Crippen LogP) is -0.247. The van der Waals surface area contributed by atoms with E-state index in [4.69, 9.17) is 0 Å². The first-order valence-corrected chi connectivity index (χ1v) is 8.31. The summed E-state index contributed by atoms with van der Waals surface area (Å²) in [6.45, 7) is 5.72. The van der Waals surface area contributed by atoms with Gasteiger partial charge >= 0.3 is 6.03 Å². The molecule has 1 atom stereocenters. The summed E-state index contributed by atoms with van der Waals surface area (Å²) in [7, 11) is 0. The van der Waals surface area contributed by atoms with E-state index in [0.29, 0.717) is 32.7 Å². The number of aliphatic hydroxyl groups is 1. The fourth-order valence-corrected chi connectivity index (χ4v) is 3.14. The van der Waals surface area contributed by atoms with E-state index in [0.717, 1.165) is 32.2 Å². The van der Waals surface area contributed by atoms with Gasteiger partial charge in [0, 0.05) is 32.2 Å². The number of nitrogens with zero attached hydrogens (tertiary/aromatic N) is 2. The predicted molar refractivity (Wildman–Crippen MR) is 83.5 cm³/mol. The lowest BCUT2D eigenvalue weighted by molar-refractivity contribution is -0.123. The van der Waals surface area contributed by atoms with E-state index >= 15 is 0 Å². The lowest BCUT2D eigenvalue weighted by Gasteiger charge is -2.33. The van der Waals surface area contributed by atoms with Crippen LogP contribution >= 0.6 is 0 Å².